The molecule has 0 atom stereocenters. The summed E-state index contributed by atoms with van der Waals surface area (Å²) in [5, 5.41) is 2.47. The second-order valence-electron chi connectivity index (χ2n) is 7.66. The third-order valence-corrected chi connectivity index (χ3v) is 5.49. The predicted octanol–water partition coefficient (Wildman–Crippen LogP) is 2.88. The summed E-state index contributed by atoms with van der Waals surface area (Å²) >= 11 is 0. The number of halogens is 1. The predicted molar refractivity (Wildman–Crippen MR) is 123 cm³/mol. The number of ether oxygens (including phenoxy) is 1. The van der Waals surface area contributed by atoms with Crippen LogP contribution in [0.4, 0.5) is 10.1 Å². The topological polar surface area (TPSA) is 74.8 Å². The number of hydrogen-bond donors (Lipinski definition) is 1. The van der Waals surface area contributed by atoms with Gasteiger partial charge in [-0.2, -0.15) is 4.39 Å². The third kappa shape index (κ3) is 5.85. The summed E-state index contributed by atoms with van der Waals surface area (Å²) in [5.74, 6) is -0.899. The molecule has 0 unspecified atom stereocenters. The molecule has 8 heteroatoms. The van der Waals surface area contributed by atoms with E-state index in [1.165, 1.54) is 18.3 Å². The molecule has 0 spiro atoms. The van der Waals surface area contributed by atoms with Gasteiger partial charge in [-0.25, -0.2) is 4.98 Å². The molecule has 0 radical (unpaired) electrons. The van der Waals surface area contributed by atoms with Gasteiger partial charge >= 0.3 is 0 Å². The van der Waals surface area contributed by atoms with Crippen molar-refractivity contribution in [1.82, 2.24) is 15.2 Å². The van der Waals surface area contributed by atoms with Crippen molar-refractivity contribution in [2.45, 2.75) is 6.61 Å². The fourth-order valence-corrected chi connectivity index (χ4v) is 3.63. The molecule has 4 rings (SSSR count). The molecule has 1 fully saturated rings. The van der Waals surface area contributed by atoms with E-state index in [0.29, 0.717) is 32.8 Å². The number of pyridine rings is 1. The van der Waals surface area contributed by atoms with Gasteiger partial charge in [0.05, 0.1) is 12.1 Å². The van der Waals surface area contributed by atoms with Crippen LogP contribution in [0.1, 0.15) is 15.9 Å². The number of carbonyl (C=O) groups excluding carboxylic acids is 2. The van der Waals surface area contributed by atoms with Crippen molar-refractivity contribution >= 4 is 17.5 Å². The highest BCUT2D eigenvalue weighted by Gasteiger charge is 2.22. The number of nitrogens with one attached hydrogen (secondary N) is 1. The molecule has 1 aromatic heterocycles. The van der Waals surface area contributed by atoms with Gasteiger partial charge in [0.2, 0.25) is 11.9 Å². The van der Waals surface area contributed by atoms with E-state index >= 15 is 0 Å². The standard InChI is InChI=1S/C25H25FN4O3/c26-24-22(7-4-12-27-24)25(32)28-17-23(31)30-15-13-29(14-16-30)20-8-10-21(11-9-20)33-18-19-5-2-1-3-6-19/h1-12H,13-18H2,(H,28,32). The molecule has 0 bridgehead atoms. The van der Waals surface area contributed by atoms with Crippen LogP contribution in [0.3, 0.4) is 0 Å². The summed E-state index contributed by atoms with van der Waals surface area (Å²) in [6.07, 6.45) is 1.27. The Bertz CT molecular complexity index is 1080. The Kier molecular flexibility index (Phi) is 7.14. The van der Waals surface area contributed by atoms with E-state index in [2.05, 4.69) is 15.2 Å². The molecular weight excluding hydrogens is 423 g/mol. The Hall–Kier alpha value is -3.94. The van der Waals surface area contributed by atoms with E-state index in [1.807, 2.05) is 54.6 Å². The van der Waals surface area contributed by atoms with Crippen LogP contribution in [0.5, 0.6) is 5.75 Å². The molecule has 3 aromatic rings. The lowest BCUT2D eigenvalue weighted by Gasteiger charge is -2.36. The summed E-state index contributed by atoms with van der Waals surface area (Å²) in [6.45, 7) is 2.79. The van der Waals surface area contributed by atoms with E-state index in [1.54, 1.807) is 4.90 Å². The Balaban J connectivity index is 1.22. The second-order valence-corrected chi connectivity index (χ2v) is 7.66. The maximum atomic E-state index is 13.6. The fourth-order valence-electron chi connectivity index (χ4n) is 3.63. The fraction of sp³-hybridized carbons (Fsp3) is 0.240. The van der Waals surface area contributed by atoms with Gasteiger partial charge in [-0.1, -0.05) is 30.3 Å². The van der Waals surface area contributed by atoms with Crippen LogP contribution in [0, 0.1) is 5.95 Å². The summed E-state index contributed by atoms with van der Waals surface area (Å²) in [7, 11) is 0. The van der Waals surface area contributed by atoms with E-state index in [9.17, 15) is 14.0 Å². The first kappa shape index (κ1) is 22.3. The molecule has 33 heavy (non-hydrogen) atoms. The van der Waals surface area contributed by atoms with E-state index in [4.69, 9.17) is 4.74 Å². The number of aromatic nitrogens is 1. The van der Waals surface area contributed by atoms with Gasteiger partial charge in [0.15, 0.2) is 0 Å². The molecular formula is C25H25FN4O3. The van der Waals surface area contributed by atoms with Crippen LogP contribution < -0.4 is 15.0 Å². The molecule has 0 saturated carbocycles. The maximum Gasteiger partial charge on any atom is 0.256 e. The molecule has 1 aliphatic heterocycles. The highest BCUT2D eigenvalue weighted by atomic mass is 19.1. The van der Waals surface area contributed by atoms with Crippen LogP contribution in [-0.4, -0.2) is 54.4 Å². The minimum Gasteiger partial charge on any atom is -0.489 e. The van der Waals surface area contributed by atoms with Gasteiger partial charge in [-0.3, -0.25) is 9.59 Å². The lowest BCUT2D eigenvalue weighted by Crippen LogP contribution is -2.51. The lowest BCUT2D eigenvalue weighted by molar-refractivity contribution is -0.130. The molecule has 2 heterocycles. The van der Waals surface area contributed by atoms with Crippen LogP contribution in [0.15, 0.2) is 72.9 Å². The quantitative estimate of drug-likeness (QED) is 0.563. The average Bonchev–Trinajstić information content (AvgIpc) is 2.87. The monoisotopic (exact) mass is 448 g/mol. The third-order valence-electron chi connectivity index (χ3n) is 5.49. The van der Waals surface area contributed by atoms with Gasteiger partial charge in [-0.15, -0.1) is 0 Å². The molecule has 7 nitrogen and oxygen atoms in total. The number of piperazine rings is 1. The van der Waals surface area contributed by atoms with Crippen LogP contribution >= 0.6 is 0 Å². The molecule has 1 N–H and O–H groups in total. The minimum absolute atomic E-state index is 0.175. The summed E-state index contributed by atoms with van der Waals surface area (Å²) < 4.78 is 19.4. The number of nitrogens with zero attached hydrogens (tertiary/aromatic N) is 3. The van der Waals surface area contributed by atoms with Crippen LogP contribution in [-0.2, 0) is 11.4 Å². The van der Waals surface area contributed by atoms with Crippen molar-refractivity contribution in [1.29, 1.82) is 0 Å². The van der Waals surface area contributed by atoms with Gasteiger partial charge < -0.3 is 19.9 Å². The van der Waals surface area contributed by atoms with Gasteiger partial charge in [0.25, 0.3) is 5.91 Å². The van der Waals surface area contributed by atoms with Gasteiger partial charge in [-0.05, 0) is 42.0 Å². The Morgan fingerprint density at radius 2 is 1.67 bits per heavy atom. The number of carbonyl (C=O) groups is 2. The number of hydrogen-bond acceptors (Lipinski definition) is 5. The first-order chi connectivity index (χ1) is 16.1. The number of amides is 2. The molecule has 1 saturated heterocycles. The van der Waals surface area contributed by atoms with Gasteiger partial charge in [0, 0.05) is 38.1 Å². The number of benzene rings is 2. The zero-order valence-corrected chi connectivity index (χ0v) is 18.1. The average molecular weight is 448 g/mol. The molecule has 170 valence electrons. The Morgan fingerprint density at radius 1 is 0.939 bits per heavy atom. The van der Waals surface area contributed by atoms with Crippen LogP contribution in [0.2, 0.25) is 0 Å². The second kappa shape index (κ2) is 10.6. The molecule has 1 aliphatic rings. The highest BCUT2D eigenvalue weighted by molar-refractivity contribution is 5.96. The molecule has 2 aromatic carbocycles. The SMILES string of the molecule is O=C(NCC(=O)N1CCN(c2ccc(OCc3ccccc3)cc2)CC1)c1cccnc1F. The molecule has 0 aliphatic carbocycles. The zero-order valence-electron chi connectivity index (χ0n) is 18.1. The van der Waals surface area contributed by atoms with Crippen molar-refractivity contribution < 1.29 is 18.7 Å². The maximum absolute atomic E-state index is 13.6. The van der Waals surface area contributed by atoms with Crippen molar-refractivity contribution in [3.8, 4) is 5.75 Å². The van der Waals surface area contributed by atoms with E-state index in [0.717, 1.165) is 17.0 Å². The molecule has 2 amide bonds. The Labute approximate surface area is 191 Å². The van der Waals surface area contributed by atoms with Crippen molar-refractivity contribution in [2.24, 2.45) is 0 Å². The van der Waals surface area contributed by atoms with Crippen LogP contribution in [0.25, 0.3) is 0 Å². The van der Waals surface area contributed by atoms with E-state index in [-0.39, 0.29) is 18.0 Å². The van der Waals surface area contributed by atoms with Gasteiger partial charge in [0.1, 0.15) is 12.4 Å². The van der Waals surface area contributed by atoms with Crippen molar-refractivity contribution in [3.63, 3.8) is 0 Å². The number of rotatable bonds is 7. The summed E-state index contributed by atoms with van der Waals surface area (Å²) in [6, 6.07) is 20.7. The smallest absolute Gasteiger partial charge is 0.256 e. The zero-order chi connectivity index (χ0) is 23.0. The lowest BCUT2D eigenvalue weighted by atomic mass is 10.2. The minimum atomic E-state index is -0.854. The first-order valence-corrected chi connectivity index (χ1v) is 10.8. The largest absolute Gasteiger partial charge is 0.489 e. The first-order valence-electron chi connectivity index (χ1n) is 10.8. The summed E-state index contributed by atoms with van der Waals surface area (Å²) in [5.41, 5.74) is 2.00. The number of anilines is 1. The summed E-state index contributed by atoms with van der Waals surface area (Å²) in [4.78, 5) is 31.9. The van der Waals surface area contributed by atoms with Crippen molar-refractivity contribution in [3.05, 3.63) is 90.0 Å². The van der Waals surface area contributed by atoms with Crippen molar-refractivity contribution in [2.75, 3.05) is 37.6 Å². The normalized spacial score (nSPS) is 13.5. The Morgan fingerprint density at radius 3 is 2.36 bits per heavy atom. The van der Waals surface area contributed by atoms with E-state index < -0.39 is 11.9 Å². The highest BCUT2D eigenvalue weighted by Crippen LogP contribution is 2.21.